The van der Waals surface area contributed by atoms with Crippen LogP contribution in [-0.2, 0) is 19.6 Å². The lowest BCUT2D eigenvalue weighted by molar-refractivity contribution is -0.123. The SMILES string of the molecule is CC(OC(=O)c1cnc2ccccc2n1)C(=O)Nc1ccc(S(=O)(=O)Nc2ccccn2)cc1. The highest BCUT2D eigenvalue weighted by Crippen LogP contribution is 2.18. The van der Waals surface area contributed by atoms with Crippen LogP contribution in [0.2, 0.25) is 0 Å². The van der Waals surface area contributed by atoms with Crippen LogP contribution >= 0.6 is 0 Å². The van der Waals surface area contributed by atoms with E-state index in [-0.39, 0.29) is 16.4 Å². The van der Waals surface area contributed by atoms with Gasteiger partial charge in [-0.25, -0.2) is 23.2 Å². The number of aromatic nitrogens is 3. The lowest BCUT2D eigenvalue weighted by atomic mass is 10.3. The molecule has 1 unspecified atom stereocenters. The molecular weight excluding hydrogens is 458 g/mol. The summed E-state index contributed by atoms with van der Waals surface area (Å²) in [5, 5.41) is 2.58. The van der Waals surface area contributed by atoms with Gasteiger partial charge in [0.25, 0.3) is 15.9 Å². The summed E-state index contributed by atoms with van der Waals surface area (Å²) in [6, 6.07) is 17.4. The van der Waals surface area contributed by atoms with Gasteiger partial charge in [0.1, 0.15) is 5.82 Å². The van der Waals surface area contributed by atoms with Gasteiger partial charge in [-0.15, -0.1) is 0 Å². The Kier molecular flexibility index (Phi) is 6.46. The molecule has 2 N–H and O–H groups in total. The fourth-order valence-electron chi connectivity index (χ4n) is 2.91. The van der Waals surface area contributed by atoms with Gasteiger partial charge in [0.2, 0.25) is 0 Å². The molecule has 0 spiro atoms. The number of pyridine rings is 1. The molecule has 4 aromatic rings. The number of amides is 1. The first-order chi connectivity index (χ1) is 16.3. The van der Waals surface area contributed by atoms with Gasteiger partial charge >= 0.3 is 5.97 Å². The number of anilines is 2. The molecule has 0 bridgehead atoms. The summed E-state index contributed by atoms with van der Waals surface area (Å²) in [6.45, 7) is 1.41. The first-order valence-electron chi connectivity index (χ1n) is 10.1. The van der Waals surface area contributed by atoms with E-state index in [1.807, 2.05) is 0 Å². The molecule has 1 amide bonds. The average Bonchev–Trinajstić information content (AvgIpc) is 2.84. The topological polar surface area (TPSA) is 140 Å². The van der Waals surface area contributed by atoms with Crippen molar-refractivity contribution in [1.82, 2.24) is 15.0 Å². The van der Waals surface area contributed by atoms with Crippen molar-refractivity contribution in [2.45, 2.75) is 17.9 Å². The van der Waals surface area contributed by atoms with Crippen LogP contribution < -0.4 is 10.0 Å². The van der Waals surface area contributed by atoms with Crippen molar-refractivity contribution >= 4 is 44.4 Å². The minimum absolute atomic E-state index is 0.00879. The molecule has 11 heteroatoms. The standard InChI is InChI=1S/C23H19N5O5S/c1-15(33-23(30)20-14-25-18-6-2-3-7-19(18)27-20)22(29)26-16-9-11-17(12-10-16)34(31,32)28-21-8-4-5-13-24-21/h2-15H,1H3,(H,24,28)(H,26,29). The maximum absolute atomic E-state index is 12.5. The molecule has 0 aliphatic carbocycles. The number of ether oxygens (including phenoxy) is 1. The van der Waals surface area contributed by atoms with Crippen molar-refractivity contribution in [3.8, 4) is 0 Å². The van der Waals surface area contributed by atoms with Crippen molar-refractivity contribution in [3.05, 3.63) is 84.8 Å². The van der Waals surface area contributed by atoms with Crippen LogP contribution in [-0.4, -0.2) is 41.4 Å². The summed E-state index contributed by atoms with van der Waals surface area (Å²) in [5.74, 6) is -1.20. The molecule has 0 radical (unpaired) electrons. The second-order valence-corrected chi connectivity index (χ2v) is 8.81. The molecular formula is C23H19N5O5S. The normalized spacial score (nSPS) is 12.0. The van der Waals surface area contributed by atoms with E-state index in [2.05, 4.69) is 25.0 Å². The second kappa shape index (κ2) is 9.63. The van der Waals surface area contributed by atoms with E-state index in [0.29, 0.717) is 16.7 Å². The molecule has 0 aliphatic heterocycles. The van der Waals surface area contributed by atoms with Crippen molar-refractivity contribution < 1.29 is 22.7 Å². The Morgan fingerprint density at radius 2 is 1.62 bits per heavy atom. The zero-order chi connectivity index (χ0) is 24.1. The van der Waals surface area contributed by atoms with Crippen LogP contribution in [0.5, 0.6) is 0 Å². The molecule has 2 aromatic heterocycles. The molecule has 10 nitrogen and oxygen atoms in total. The third-order valence-corrected chi connectivity index (χ3v) is 6.02. The molecule has 0 aliphatic rings. The largest absolute Gasteiger partial charge is 0.448 e. The van der Waals surface area contributed by atoms with Crippen LogP contribution in [0.3, 0.4) is 0 Å². The highest BCUT2D eigenvalue weighted by Gasteiger charge is 2.21. The number of para-hydroxylation sites is 2. The summed E-state index contributed by atoms with van der Waals surface area (Å²) in [4.78, 5) is 37.1. The van der Waals surface area contributed by atoms with Gasteiger partial charge in [-0.05, 0) is 55.5 Å². The Hall–Kier alpha value is -4.38. The van der Waals surface area contributed by atoms with E-state index in [1.165, 1.54) is 49.6 Å². The highest BCUT2D eigenvalue weighted by atomic mass is 32.2. The lowest BCUT2D eigenvalue weighted by Gasteiger charge is -2.14. The molecule has 0 saturated carbocycles. The zero-order valence-corrected chi connectivity index (χ0v) is 18.7. The summed E-state index contributed by atoms with van der Waals surface area (Å²) in [7, 11) is -3.84. The molecule has 1 atom stereocenters. The minimum atomic E-state index is -3.84. The number of nitrogens with zero attached hydrogens (tertiary/aromatic N) is 3. The van der Waals surface area contributed by atoms with E-state index in [9.17, 15) is 18.0 Å². The average molecular weight is 478 g/mol. The van der Waals surface area contributed by atoms with Crippen LogP contribution in [0, 0.1) is 0 Å². The van der Waals surface area contributed by atoms with Gasteiger partial charge in [-0.1, -0.05) is 18.2 Å². The van der Waals surface area contributed by atoms with Crippen LogP contribution in [0.15, 0.2) is 84.0 Å². The first kappa shape index (κ1) is 22.8. The molecule has 34 heavy (non-hydrogen) atoms. The number of fused-ring (bicyclic) bond motifs is 1. The number of benzene rings is 2. The van der Waals surface area contributed by atoms with E-state index in [0.717, 1.165) is 0 Å². The van der Waals surface area contributed by atoms with Gasteiger partial charge < -0.3 is 10.1 Å². The zero-order valence-electron chi connectivity index (χ0n) is 17.9. The monoisotopic (exact) mass is 477 g/mol. The summed E-state index contributed by atoms with van der Waals surface area (Å²) >= 11 is 0. The third kappa shape index (κ3) is 5.33. The molecule has 2 heterocycles. The summed E-state index contributed by atoms with van der Waals surface area (Å²) in [6.07, 6.45) is 1.62. The smallest absolute Gasteiger partial charge is 0.359 e. The number of esters is 1. The van der Waals surface area contributed by atoms with Gasteiger partial charge in [0.05, 0.1) is 22.1 Å². The van der Waals surface area contributed by atoms with E-state index in [4.69, 9.17) is 4.74 Å². The number of hydrogen-bond donors (Lipinski definition) is 2. The Labute approximate surface area is 195 Å². The third-order valence-electron chi connectivity index (χ3n) is 4.65. The molecule has 2 aromatic carbocycles. The first-order valence-corrected chi connectivity index (χ1v) is 11.6. The van der Waals surface area contributed by atoms with Gasteiger partial charge in [0.15, 0.2) is 11.8 Å². The molecule has 0 saturated heterocycles. The van der Waals surface area contributed by atoms with Crippen molar-refractivity contribution in [3.63, 3.8) is 0 Å². The number of carbonyl (C=O) groups is 2. The van der Waals surface area contributed by atoms with Crippen LogP contribution in [0.1, 0.15) is 17.4 Å². The maximum Gasteiger partial charge on any atom is 0.359 e. The summed E-state index contributed by atoms with van der Waals surface area (Å²) in [5.41, 5.74) is 1.47. The van der Waals surface area contributed by atoms with E-state index in [1.54, 1.807) is 36.4 Å². The number of carbonyl (C=O) groups excluding carboxylic acids is 2. The summed E-state index contributed by atoms with van der Waals surface area (Å²) < 4.78 is 32.5. The predicted octanol–water partition coefficient (Wildman–Crippen LogP) is 3.01. The van der Waals surface area contributed by atoms with Crippen molar-refractivity contribution in [2.75, 3.05) is 10.0 Å². The Morgan fingerprint density at radius 3 is 2.32 bits per heavy atom. The predicted molar refractivity (Wildman–Crippen MR) is 125 cm³/mol. The van der Waals surface area contributed by atoms with Crippen LogP contribution in [0.4, 0.5) is 11.5 Å². The maximum atomic E-state index is 12.5. The van der Waals surface area contributed by atoms with Gasteiger partial charge in [-0.2, -0.15) is 0 Å². The lowest BCUT2D eigenvalue weighted by Crippen LogP contribution is -2.30. The molecule has 4 rings (SSSR count). The highest BCUT2D eigenvalue weighted by molar-refractivity contribution is 7.92. The Morgan fingerprint density at radius 1 is 0.912 bits per heavy atom. The number of rotatable bonds is 7. The van der Waals surface area contributed by atoms with E-state index < -0.39 is 28.0 Å². The number of sulfonamides is 1. The minimum Gasteiger partial charge on any atom is -0.448 e. The number of nitrogens with one attached hydrogen (secondary N) is 2. The van der Waals surface area contributed by atoms with Crippen molar-refractivity contribution in [1.29, 1.82) is 0 Å². The quantitative estimate of drug-likeness (QED) is 0.387. The van der Waals surface area contributed by atoms with Gasteiger partial charge in [-0.3, -0.25) is 14.5 Å². The van der Waals surface area contributed by atoms with Crippen LogP contribution in [0.25, 0.3) is 11.0 Å². The fourth-order valence-corrected chi connectivity index (χ4v) is 3.92. The number of hydrogen-bond acceptors (Lipinski definition) is 8. The molecule has 0 fully saturated rings. The van der Waals surface area contributed by atoms with Gasteiger partial charge in [0, 0.05) is 11.9 Å². The van der Waals surface area contributed by atoms with Crippen molar-refractivity contribution in [2.24, 2.45) is 0 Å². The Bertz CT molecular complexity index is 1440. The molecule has 172 valence electrons. The van der Waals surface area contributed by atoms with E-state index >= 15 is 0 Å². The second-order valence-electron chi connectivity index (χ2n) is 7.13. The Balaban J connectivity index is 1.37. The fraction of sp³-hybridized carbons (Fsp3) is 0.0870.